The quantitative estimate of drug-likeness (QED) is 0.354. The van der Waals surface area contributed by atoms with Crippen LogP contribution in [0.4, 0.5) is 0 Å². The summed E-state index contributed by atoms with van der Waals surface area (Å²) in [7, 11) is 0. The second-order valence-corrected chi connectivity index (χ2v) is 7.99. The molecule has 0 spiro atoms. The largest absolute Gasteiger partial charge is 0.494 e. The van der Waals surface area contributed by atoms with Gasteiger partial charge >= 0.3 is 0 Å². The van der Waals surface area contributed by atoms with Gasteiger partial charge < -0.3 is 10.1 Å². The molecule has 0 aliphatic heterocycles. The summed E-state index contributed by atoms with van der Waals surface area (Å²) in [6, 6.07) is 22.1. The van der Waals surface area contributed by atoms with E-state index in [9.17, 15) is 4.79 Å². The van der Waals surface area contributed by atoms with Gasteiger partial charge in [-0.1, -0.05) is 36.4 Å². The lowest BCUT2D eigenvalue weighted by Crippen LogP contribution is -2.27. The average Bonchev–Trinajstić information content (AvgIpc) is 3.18. The number of aromatic nitrogens is 3. The van der Waals surface area contributed by atoms with Crippen molar-refractivity contribution in [2.75, 3.05) is 6.61 Å². The van der Waals surface area contributed by atoms with Gasteiger partial charge in [0.1, 0.15) is 5.75 Å². The summed E-state index contributed by atoms with van der Waals surface area (Å²) in [4.78, 5) is 12.7. The molecule has 3 aromatic carbocycles. The van der Waals surface area contributed by atoms with E-state index in [1.165, 1.54) is 5.39 Å². The molecular weight excluding hydrogens is 420 g/mol. The molecule has 1 aromatic heterocycles. The highest BCUT2D eigenvalue weighted by Gasteiger charge is 2.13. The van der Waals surface area contributed by atoms with Crippen LogP contribution in [0.5, 0.6) is 5.75 Å². The molecule has 0 aliphatic rings. The Morgan fingerprint density at radius 2 is 1.88 bits per heavy atom. The van der Waals surface area contributed by atoms with E-state index >= 15 is 0 Å². The molecule has 1 atom stereocenters. The van der Waals surface area contributed by atoms with Crippen LogP contribution in [0, 0.1) is 4.77 Å². The molecule has 0 unspecified atom stereocenters. The normalized spacial score (nSPS) is 11.9. The van der Waals surface area contributed by atoms with Gasteiger partial charge in [-0.25, -0.2) is 0 Å². The van der Waals surface area contributed by atoms with Gasteiger partial charge in [-0.15, -0.1) is 0 Å². The van der Waals surface area contributed by atoms with E-state index in [-0.39, 0.29) is 11.9 Å². The summed E-state index contributed by atoms with van der Waals surface area (Å²) in [5.41, 5.74) is 1.98. The number of nitrogens with one attached hydrogen (secondary N) is 2. The number of hydrogen-bond acceptors (Lipinski definition) is 4. The number of rotatable bonds is 8. The SMILES string of the molecule is CCOc1ccc(-c2n[nH]c(=S)n2CCC(=O)N[C@H](C)c2ccc3ccccc3c2)cc1. The van der Waals surface area contributed by atoms with E-state index in [0.717, 1.165) is 22.3 Å². The Bertz CT molecular complexity index is 1280. The smallest absolute Gasteiger partial charge is 0.222 e. The summed E-state index contributed by atoms with van der Waals surface area (Å²) >= 11 is 5.39. The number of benzene rings is 3. The molecule has 1 heterocycles. The molecule has 2 N–H and O–H groups in total. The molecule has 0 bridgehead atoms. The summed E-state index contributed by atoms with van der Waals surface area (Å²) in [5.74, 6) is 1.47. The van der Waals surface area contributed by atoms with Crippen LogP contribution in [0.1, 0.15) is 31.9 Å². The van der Waals surface area contributed by atoms with Gasteiger partial charge in [-0.05, 0) is 72.7 Å². The molecule has 6 nitrogen and oxygen atoms in total. The zero-order chi connectivity index (χ0) is 22.5. The van der Waals surface area contributed by atoms with E-state index in [4.69, 9.17) is 17.0 Å². The summed E-state index contributed by atoms with van der Waals surface area (Å²) in [6.07, 6.45) is 0.301. The Balaban J connectivity index is 1.41. The van der Waals surface area contributed by atoms with E-state index < -0.39 is 0 Å². The minimum atomic E-state index is -0.0880. The van der Waals surface area contributed by atoms with Gasteiger partial charge in [-0.2, -0.15) is 5.10 Å². The number of aromatic amines is 1. The third-order valence-corrected chi connectivity index (χ3v) is 5.71. The van der Waals surface area contributed by atoms with Crippen LogP contribution in [0.2, 0.25) is 0 Å². The van der Waals surface area contributed by atoms with Crippen molar-refractivity contribution < 1.29 is 9.53 Å². The molecule has 0 aliphatic carbocycles. The standard InChI is InChI=1S/C25H26N4O2S/c1-3-31-22-12-10-19(11-13-22)24-27-28-25(32)29(24)15-14-23(30)26-17(2)20-9-8-18-6-4-5-7-21(18)16-20/h4-13,16-17H,3,14-15H2,1-2H3,(H,26,30)(H,28,32)/t17-/m1/s1. The van der Waals surface area contributed by atoms with Crippen LogP contribution < -0.4 is 10.1 Å². The maximum atomic E-state index is 12.7. The predicted octanol–water partition coefficient (Wildman–Crippen LogP) is 5.43. The summed E-state index contributed by atoms with van der Waals surface area (Å²) in [6.45, 7) is 5.00. The number of fused-ring (bicyclic) bond motifs is 1. The first-order valence-corrected chi connectivity index (χ1v) is 11.1. The van der Waals surface area contributed by atoms with Crippen LogP contribution in [0.15, 0.2) is 66.7 Å². The first-order chi connectivity index (χ1) is 15.5. The van der Waals surface area contributed by atoms with Gasteiger partial charge in [0.25, 0.3) is 0 Å². The third-order valence-electron chi connectivity index (χ3n) is 5.40. The van der Waals surface area contributed by atoms with Crippen molar-refractivity contribution in [3.63, 3.8) is 0 Å². The second kappa shape index (κ2) is 9.78. The predicted molar refractivity (Wildman–Crippen MR) is 129 cm³/mol. The first-order valence-electron chi connectivity index (χ1n) is 10.7. The van der Waals surface area contributed by atoms with E-state index in [2.05, 4.69) is 45.8 Å². The molecule has 0 saturated carbocycles. The van der Waals surface area contributed by atoms with Crippen molar-refractivity contribution in [2.24, 2.45) is 0 Å². The maximum Gasteiger partial charge on any atom is 0.222 e. The van der Waals surface area contributed by atoms with Crippen LogP contribution in [0.3, 0.4) is 0 Å². The van der Waals surface area contributed by atoms with Crippen molar-refractivity contribution in [1.82, 2.24) is 20.1 Å². The van der Waals surface area contributed by atoms with Crippen molar-refractivity contribution in [3.05, 3.63) is 77.1 Å². The zero-order valence-electron chi connectivity index (χ0n) is 18.2. The third kappa shape index (κ3) is 4.89. The fourth-order valence-electron chi connectivity index (χ4n) is 3.70. The van der Waals surface area contributed by atoms with Crippen molar-refractivity contribution in [2.45, 2.75) is 32.9 Å². The molecule has 0 fully saturated rings. The molecule has 32 heavy (non-hydrogen) atoms. The minimum absolute atomic E-state index is 0.0357. The number of hydrogen-bond donors (Lipinski definition) is 2. The topological polar surface area (TPSA) is 71.9 Å². The molecule has 164 valence electrons. The molecular formula is C25H26N4O2S. The lowest BCUT2D eigenvalue weighted by molar-refractivity contribution is -0.121. The van der Waals surface area contributed by atoms with Gasteiger partial charge in [0.05, 0.1) is 12.6 Å². The van der Waals surface area contributed by atoms with Gasteiger partial charge in [-0.3, -0.25) is 14.5 Å². The first kappa shape index (κ1) is 21.8. The Morgan fingerprint density at radius 3 is 2.62 bits per heavy atom. The summed E-state index contributed by atoms with van der Waals surface area (Å²) in [5, 5.41) is 12.6. The fourth-order valence-corrected chi connectivity index (χ4v) is 3.92. The number of carbonyl (C=O) groups is 1. The summed E-state index contributed by atoms with van der Waals surface area (Å²) < 4.78 is 7.84. The van der Waals surface area contributed by atoms with E-state index in [0.29, 0.717) is 30.2 Å². The number of nitrogens with zero attached hydrogens (tertiary/aromatic N) is 2. The molecule has 0 radical (unpaired) electrons. The number of ether oxygens (including phenoxy) is 1. The second-order valence-electron chi connectivity index (χ2n) is 7.61. The maximum absolute atomic E-state index is 12.7. The highest BCUT2D eigenvalue weighted by atomic mass is 32.1. The fraction of sp³-hybridized carbons (Fsp3) is 0.240. The molecule has 4 aromatic rings. The van der Waals surface area contributed by atoms with E-state index in [1.807, 2.05) is 54.8 Å². The lowest BCUT2D eigenvalue weighted by Gasteiger charge is -2.15. The van der Waals surface area contributed by atoms with Gasteiger partial charge in [0.2, 0.25) is 5.91 Å². The van der Waals surface area contributed by atoms with Crippen molar-refractivity contribution in [1.29, 1.82) is 0 Å². The Morgan fingerprint density at radius 1 is 1.12 bits per heavy atom. The highest BCUT2D eigenvalue weighted by molar-refractivity contribution is 7.71. The molecule has 1 amide bonds. The number of carbonyl (C=O) groups excluding carboxylic acids is 1. The van der Waals surface area contributed by atoms with Crippen molar-refractivity contribution in [3.8, 4) is 17.1 Å². The molecule has 4 rings (SSSR count). The molecule has 7 heteroatoms. The van der Waals surface area contributed by atoms with Crippen LogP contribution in [-0.2, 0) is 11.3 Å². The van der Waals surface area contributed by atoms with Crippen LogP contribution in [-0.4, -0.2) is 27.3 Å². The van der Waals surface area contributed by atoms with Crippen LogP contribution in [0.25, 0.3) is 22.2 Å². The molecule has 0 saturated heterocycles. The minimum Gasteiger partial charge on any atom is -0.494 e. The number of amides is 1. The van der Waals surface area contributed by atoms with E-state index in [1.54, 1.807) is 0 Å². The Kier molecular flexibility index (Phi) is 6.66. The Labute approximate surface area is 192 Å². The number of H-pyrrole nitrogens is 1. The average molecular weight is 447 g/mol. The lowest BCUT2D eigenvalue weighted by atomic mass is 10.0. The zero-order valence-corrected chi connectivity index (χ0v) is 19.0. The van der Waals surface area contributed by atoms with Gasteiger partial charge in [0, 0.05) is 18.5 Å². The van der Waals surface area contributed by atoms with Gasteiger partial charge in [0.15, 0.2) is 10.6 Å². The van der Waals surface area contributed by atoms with Crippen LogP contribution >= 0.6 is 12.2 Å². The monoisotopic (exact) mass is 446 g/mol. The highest BCUT2D eigenvalue weighted by Crippen LogP contribution is 2.22. The Hall–Kier alpha value is -3.45. The van der Waals surface area contributed by atoms with Crippen molar-refractivity contribution >= 4 is 28.9 Å².